The maximum Gasteiger partial charge on any atom is 0.319 e. The van der Waals surface area contributed by atoms with Crippen LogP contribution in [0.1, 0.15) is 37.2 Å². The van der Waals surface area contributed by atoms with Gasteiger partial charge in [-0.25, -0.2) is 4.79 Å². The molecule has 0 spiro atoms. The molecule has 1 atom stereocenters. The normalized spacial score (nSPS) is 12.2. The zero-order valence-corrected chi connectivity index (χ0v) is 18.3. The van der Waals surface area contributed by atoms with Crippen molar-refractivity contribution in [3.05, 3.63) is 64.9 Å². The van der Waals surface area contributed by atoms with Crippen LogP contribution in [0.3, 0.4) is 0 Å². The van der Waals surface area contributed by atoms with Crippen LogP contribution in [0.2, 0.25) is 5.02 Å². The van der Waals surface area contributed by atoms with Crippen molar-refractivity contribution < 1.29 is 9.32 Å². The highest BCUT2D eigenvalue weighted by Crippen LogP contribution is 2.25. The van der Waals surface area contributed by atoms with Gasteiger partial charge in [0.25, 0.3) is 5.89 Å². The smallest absolute Gasteiger partial charge is 0.319 e. The number of rotatable bonds is 7. The second-order valence-corrected chi connectivity index (χ2v) is 7.93. The molecule has 0 bridgehead atoms. The van der Waals surface area contributed by atoms with Crippen LogP contribution in [-0.2, 0) is 0 Å². The average Bonchev–Trinajstić information content (AvgIpc) is 3.20. The van der Waals surface area contributed by atoms with Gasteiger partial charge < -0.3 is 20.1 Å². The number of amides is 2. The predicted molar refractivity (Wildman–Crippen MR) is 119 cm³/mol. The first-order valence-corrected chi connectivity index (χ1v) is 10.1. The maximum absolute atomic E-state index is 12.4. The molecule has 1 aromatic heterocycles. The second-order valence-electron chi connectivity index (χ2n) is 7.53. The number of likely N-dealkylation sites (N-methyl/N-ethyl adjacent to an activating group) is 1. The van der Waals surface area contributed by atoms with E-state index in [-0.39, 0.29) is 18.0 Å². The van der Waals surface area contributed by atoms with Gasteiger partial charge in [-0.15, -0.1) is 0 Å². The fourth-order valence-electron chi connectivity index (χ4n) is 2.96. The van der Waals surface area contributed by atoms with Crippen LogP contribution in [0.25, 0.3) is 11.5 Å². The van der Waals surface area contributed by atoms with Crippen LogP contribution < -0.4 is 10.6 Å². The molecule has 1 heterocycles. The van der Waals surface area contributed by atoms with Crippen LogP contribution in [0.15, 0.2) is 53.1 Å². The van der Waals surface area contributed by atoms with E-state index in [4.69, 9.17) is 16.1 Å². The van der Waals surface area contributed by atoms with Crippen molar-refractivity contribution in [1.82, 2.24) is 20.4 Å². The van der Waals surface area contributed by atoms with Gasteiger partial charge in [0, 0.05) is 28.7 Å². The highest BCUT2D eigenvalue weighted by atomic mass is 35.5. The van der Waals surface area contributed by atoms with Crippen LogP contribution in [0, 0.1) is 0 Å². The molecule has 1 unspecified atom stereocenters. The van der Waals surface area contributed by atoms with Crippen molar-refractivity contribution in [1.29, 1.82) is 0 Å². The summed E-state index contributed by atoms with van der Waals surface area (Å²) < 4.78 is 5.30. The standard InChI is InChI=1S/C22H26ClN5O2/c1-14(2)20-26-21(30-27-20)15-9-11-16(12-10-15)25-22(29)24-13-19(28(3)4)17-7-5-6-8-18(17)23/h5-12,14,19H,13H2,1-4H3,(H2,24,25,29). The Morgan fingerprint density at radius 2 is 1.83 bits per heavy atom. The molecule has 0 saturated carbocycles. The molecule has 0 fully saturated rings. The number of nitrogens with zero attached hydrogens (tertiary/aromatic N) is 3. The summed E-state index contributed by atoms with van der Waals surface area (Å²) >= 11 is 6.32. The number of halogens is 1. The molecule has 3 rings (SSSR count). The molecule has 0 aliphatic carbocycles. The van der Waals surface area contributed by atoms with Crippen LogP contribution >= 0.6 is 11.6 Å². The van der Waals surface area contributed by atoms with Gasteiger partial charge in [-0.2, -0.15) is 4.98 Å². The molecule has 2 amide bonds. The van der Waals surface area contributed by atoms with Crippen LogP contribution in [0.5, 0.6) is 0 Å². The predicted octanol–water partition coefficient (Wildman–Crippen LogP) is 4.94. The molecule has 8 heteroatoms. The summed E-state index contributed by atoms with van der Waals surface area (Å²) in [7, 11) is 3.91. The molecule has 3 aromatic rings. The summed E-state index contributed by atoms with van der Waals surface area (Å²) in [6, 6.07) is 14.6. The molecule has 0 radical (unpaired) electrons. The molecule has 30 heavy (non-hydrogen) atoms. The first-order valence-electron chi connectivity index (χ1n) is 9.75. The third-order valence-corrected chi connectivity index (χ3v) is 5.04. The fourth-order valence-corrected chi connectivity index (χ4v) is 3.23. The van der Waals surface area contributed by atoms with Gasteiger partial charge in [-0.3, -0.25) is 0 Å². The Labute approximate surface area is 181 Å². The lowest BCUT2D eigenvalue weighted by molar-refractivity contribution is 0.243. The van der Waals surface area contributed by atoms with E-state index in [2.05, 4.69) is 20.8 Å². The van der Waals surface area contributed by atoms with Gasteiger partial charge in [0.15, 0.2) is 5.82 Å². The number of urea groups is 1. The Kier molecular flexibility index (Phi) is 7.07. The molecule has 0 aliphatic heterocycles. The number of carbonyl (C=O) groups excluding carboxylic acids is 1. The molecule has 0 saturated heterocycles. The number of hydrogen-bond donors (Lipinski definition) is 2. The van der Waals surface area contributed by atoms with Gasteiger partial charge >= 0.3 is 6.03 Å². The zero-order valence-electron chi connectivity index (χ0n) is 17.5. The summed E-state index contributed by atoms with van der Waals surface area (Å²) in [6.45, 7) is 4.43. The van der Waals surface area contributed by atoms with Crippen molar-refractivity contribution in [3.8, 4) is 11.5 Å². The number of carbonyl (C=O) groups is 1. The van der Waals surface area contributed by atoms with E-state index in [1.54, 1.807) is 12.1 Å². The fraction of sp³-hybridized carbons (Fsp3) is 0.318. The minimum Gasteiger partial charge on any atom is -0.336 e. The molecular weight excluding hydrogens is 402 g/mol. The van der Waals surface area contributed by atoms with Crippen molar-refractivity contribution in [2.75, 3.05) is 26.0 Å². The zero-order chi connectivity index (χ0) is 21.7. The maximum atomic E-state index is 12.4. The van der Waals surface area contributed by atoms with E-state index in [0.29, 0.717) is 29.0 Å². The van der Waals surface area contributed by atoms with Crippen LogP contribution in [-0.4, -0.2) is 41.7 Å². The summed E-state index contributed by atoms with van der Waals surface area (Å²) in [4.78, 5) is 18.8. The average molecular weight is 428 g/mol. The number of nitrogens with one attached hydrogen (secondary N) is 2. The number of aromatic nitrogens is 2. The Hall–Kier alpha value is -2.90. The van der Waals surface area contributed by atoms with Gasteiger partial charge in [-0.1, -0.05) is 48.8 Å². The number of anilines is 1. The van der Waals surface area contributed by atoms with E-state index in [0.717, 1.165) is 11.1 Å². The molecule has 7 nitrogen and oxygen atoms in total. The monoisotopic (exact) mass is 427 g/mol. The van der Waals surface area contributed by atoms with Crippen molar-refractivity contribution in [2.45, 2.75) is 25.8 Å². The van der Waals surface area contributed by atoms with Gasteiger partial charge in [-0.05, 0) is 50.0 Å². The summed E-state index contributed by atoms with van der Waals surface area (Å²) in [5, 5.41) is 10.4. The Bertz CT molecular complexity index is 985. The van der Waals surface area contributed by atoms with Gasteiger partial charge in [0.2, 0.25) is 0 Å². The number of hydrogen-bond acceptors (Lipinski definition) is 5. The minimum atomic E-state index is -0.290. The first-order chi connectivity index (χ1) is 14.3. The van der Waals surface area contributed by atoms with Gasteiger partial charge in [0.1, 0.15) is 0 Å². The summed E-state index contributed by atoms with van der Waals surface area (Å²) in [6.07, 6.45) is 0. The molecule has 2 N–H and O–H groups in total. The molecule has 0 aliphatic rings. The van der Waals surface area contributed by atoms with Crippen molar-refractivity contribution in [3.63, 3.8) is 0 Å². The largest absolute Gasteiger partial charge is 0.336 e. The lowest BCUT2D eigenvalue weighted by Gasteiger charge is -2.26. The van der Waals surface area contributed by atoms with Crippen molar-refractivity contribution >= 4 is 23.3 Å². The minimum absolute atomic E-state index is 0.0421. The summed E-state index contributed by atoms with van der Waals surface area (Å²) in [5.74, 6) is 1.33. The van der Waals surface area contributed by atoms with E-state index < -0.39 is 0 Å². The Morgan fingerprint density at radius 1 is 1.13 bits per heavy atom. The van der Waals surface area contributed by atoms with E-state index in [1.807, 2.05) is 69.2 Å². The molecular formula is C22H26ClN5O2. The lowest BCUT2D eigenvalue weighted by atomic mass is 10.1. The summed E-state index contributed by atoms with van der Waals surface area (Å²) in [5.41, 5.74) is 2.43. The first kappa shape index (κ1) is 21.8. The van der Waals surface area contributed by atoms with Crippen molar-refractivity contribution in [2.24, 2.45) is 0 Å². The molecule has 158 valence electrons. The van der Waals surface area contributed by atoms with Crippen LogP contribution in [0.4, 0.5) is 10.5 Å². The second kappa shape index (κ2) is 9.73. The topological polar surface area (TPSA) is 83.3 Å². The molecule has 2 aromatic carbocycles. The lowest BCUT2D eigenvalue weighted by Crippen LogP contribution is -2.37. The third kappa shape index (κ3) is 5.37. The highest BCUT2D eigenvalue weighted by molar-refractivity contribution is 6.31. The quantitative estimate of drug-likeness (QED) is 0.558. The third-order valence-electron chi connectivity index (χ3n) is 4.69. The van der Waals surface area contributed by atoms with E-state index in [1.165, 1.54) is 0 Å². The SMILES string of the molecule is CC(C)c1noc(-c2ccc(NC(=O)NCC(c3ccccc3Cl)N(C)C)cc2)n1. The Balaban J connectivity index is 1.59. The number of benzene rings is 2. The Morgan fingerprint density at radius 3 is 2.43 bits per heavy atom. The van der Waals surface area contributed by atoms with E-state index in [9.17, 15) is 4.79 Å². The van der Waals surface area contributed by atoms with Gasteiger partial charge in [0.05, 0.1) is 6.04 Å². The highest BCUT2D eigenvalue weighted by Gasteiger charge is 2.18. The van der Waals surface area contributed by atoms with E-state index >= 15 is 0 Å².